The number of rotatable bonds is 4. The number of hydrogen-bond acceptors (Lipinski definition) is 5. The minimum atomic E-state index is -0.638. The van der Waals surface area contributed by atoms with Crippen LogP contribution in [0.1, 0.15) is 24.2 Å². The van der Waals surface area contributed by atoms with Crippen molar-refractivity contribution in [3.05, 3.63) is 27.8 Å². The topological polar surface area (TPSA) is 95.5 Å². The van der Waals surface area contributed by atoms with E-state index in [2.05, 4.69) is 0 Å². The highest BCUT2D eigenvalue weighted by Crippen LogP contribution is 2.33. The number of hydrogen-bond donors (Lipinski definition) is 1. The van der Waals surface area contributed by atoms with Crippen LogP contribution < -0.4 is 10.5 Å². The van der Waals surface area contributed by atoms with E-state index in [1.807, 2.05) is 0 Å². The van der Waals surface area contributed by atoms with Gasteiger partial charge in [0.2, 0.25) is 0 Å². The fraction of sp³-hybridized carbons (Fsp3) is 0.300. The summed E-state index contributed by atoms with van der Waals surface area (Å²) in [5.41, 5.74) is 5.44. The zero-order chi connectivity index (χ0) is 12.3. The molecule has 1 aromatic carbocycles. The van der Waals surface area contributed by atoms with Gasteiger partial charge >= 0.3 is 5.69 Å². The lowest BCUT2D eigenvalue weighted by atomic mass is 10.1. The molecule has 0 atom stereocenters. The summed E-state index contributed by atoms with van der Waals surface area (Å²) in [4.78, 5) is 21.5. The molecule has 0 aromatic heterocycles. The van der Waals surface area contributed by atoms with E-state index in [1.54, 1.807) is 6.92 Å². The van der Waals surface area contributed by atoms with E-state index >= 15 is 0 Å². The van der Waals surface area contributed by atoms with Crippen molar-refractivity contribution in [2.75, 3.05) is 12.3 Å². The molecule has 0 aliphatic carbocycles. The van der Waals surface area contributed by atoms with Crippen LogP contribution in [0.5, 0.6) is 5.75 Å². The van der Waals surface area contributed by atoms with Crippen molar-refractivity contribution in [3.63, 3.8) is 0 Å². The van der Waals surface area contributed by atoms with Gasteiger partial charge in [-0.25, -0.2) is 0 Å². The third-order valence-corrected chi connectivity index (χ3v) is 1.96. The lowest BCUT2D eigenvalue weighted by Gasteiger charge is -2.07. The third-order valence-electron chi connectivity index (χ3n) is 1.96. The molecular formula is C10H12N2O4. The molecule has 6 heteroatoms. The van der Waals surface area contributed by atoms with Crippen LogP contribution in [0.4, 0.5) is 11.4 Å². The average molecular weight is 224 g/mol. The smallest absolute Gasteiger partial charge is 0.321 e. The van der Waals surface area contributed by atoms with Crippen LogP contribution >= 0.6 is 0 Å². The van der Waals surface area contributed by atoms with Gasteiger partial charge in [0.05, 0.1) is 11.5 Å². The summed E-state index contributed by atoms with van der Waals surface area (Å²) in [7, 11) is 0. The summed E-state index contributed by atoms with van der Waals surface area (Å²) in [6, 6.07) is 2.62. The lowest BCUT2D eigenvalue weighted by molar-refractivity contribution is -0.386. The van der Waals surface area contributed by atoms with Gasteiger partial charge in [0.1, 0.15) is 5.56 Å². The number of nitrogens with zero attached hydrogens (tertiary/aromatic N) is 1. The average Bonchev–Trinajstić information content (AvgIpc) is 2.16. The summed E-state index contributed by atoms with van der Waals surface area (Å²) in [5, 5.41) is 10.9. The fourth-order valence-electron chi connectivity index (χ4n) is 1.35. The van der Waals surface area contributed by atoms with Crippen molar-refractivity contribution in [1.82, 2.24) is 0 Å². The Bertz CT molecular complexity index is 443. The quantitative estimate of drug-likeness (QED) is 0.364. The Morgan fingerprint density at radius 3 is 2.62 bits per heavy atom. The molecule has 86 valence electrons. The van der Waals surface area contributed by atoms with Crippen molar-refractivity contribution in [1.29, 1.82) is 0 Å². The number of nitrogen functional groups attached to an aromatic ring is 1. The first kappa shape index (κ1) is 12.0. The van der Waals surface area contributed by atoms with Crippen molar-refractivity contribution in [2.45, 2.75) is 13.8 Å². The van der Waals surface area contributed by atoms with Crippen LogP contribution in [0.15, 0.2) is 12.1 Å². The number of benzene rings is 1. The Morgan fingerprint density at radius 1 is 1.56 bits per heavy atom. The van der Waals surface area contributed by atoms with Crippen molar-refractivity contribution >= 4 is 17.2 Å². The summed E-state index contributed by atoms with van der Waals surface area (Å²) in [5.74, 6) is -0.391. The highest BCUT2D eigenvalue weighted by atomic mass is 16.6. The van der Waals surface area contributed by atoms with Gasteiger partial charge in [0.15, 0.2) is 11.5 Å². The van der Waals surface area contributed by atoms with Gasteiger partial charge in [-0.15, -0.1) is 0 Å². The number of anilines is 1. The molecule has 0 bridgehead atoms. The highest BCUT2D eigenvalue weighted by molar-refractivity contribution is 6.00. The molecule has 0 aliphatic heterocycles. The predicted molar refractivity (Wildman–Crippen MR) is 58.7 cm³/mol. The number of ether oxygens (including phenoxy) is 1. The minimum Gasteiger partial charge on any atom is -0.487 e. The van der Waals surface area contributed by atoms with Gasteiger partial charge in [-0.2, -0.15) is 0 Å². The second kappa shape index (κ2) is 4.61. The Kier molecular flexibility index (Phi) is 3.44. The van der Waals surface area contributed by atoms with Crippen molar-refractivity contribution in [3.8, 4) is 5.75 Å². The van der Waals surface area contributed by atoms with Crippen LogP contribution in [-0.2, 0) is 0 Å². The largest absolute Gasteiger partial charge is 0.487 e. The molecule has 0 unspecified atom stereocenters. The van der Waals surface area contributed by atoms with Gasteiger partial charge in [-0.05, 0) is 19.9 Å². The van der Waals surface area contributed by atoms with Gasteiger partial charge in [0.25, 0.3) is 0 Å². The summed E-state index contributed by atoms with van der Waals surface area (Å²) in [6.45, 7) is 3.21. The fourth-order valence-corrected chi connectivity index (χ4v) is 1.35. The second-order valence-corrected chi connectivity index (χ2v) is 3.16. The maximum atomic E-state index is 11.3. The molecule has 0 spiro atoms. The number of Topliss-reactive ketones (excluding diaryl/α,β-unsaturated/α-hetero) is 1. The van der Waals surface area contributed by atoms with E-state index in [0.717, 1.165) is 0 Å². The summed E-state index contributed by atoms with van der Waals surface area (Å²) >= 11 is 0. The molecule has 1 aromatic rings. The standard InChI is InChI=1S/C10H12N2O4/c1-3-16-9-5-7(11)4-8(6(2)13)10(9)12(14)15/h4-5H,3,11H2,1-2H3. The van der Waals surface area contributed by atoms with E-state index < -0.39 is 10.7 Å². The Balaban J connectivity index is 3.47. The highest BCUT2D eigenvalue weighted by Gasteiger charge is 2.24. The number of carbonyl (C=O) groups excluding carboxylic acids is 1. The number of nitro benzene ring substituents is 1. The molecule has 16 heavy (non-hydrogen) atoms. The Hall–Kier alpha value is -2.11. The summed E-state index contributed by atoms with van der Waals surface area (Å²) < 4.78 is 5.10. The van der Waals surface area contributed by atoms with Crippen LogP contribution in [-0.4, -0.2) is 17.3 Å². The molecule has 0 radical (unpaired) electrons. The second-order valence-electron chi connectivity index (χ2n) is 3.16. The van der Waals surface area contributed by atoms with E-state index in [1.165, 1.54) is 19.1 Å². The Labute approximate surface area is 92.2 Å². The first-order valence-electron chi connectivity index (χ1n) is 4.69. The molecule has 0 saturated heterocycles. The molecule has 0 amide bonds. The third kappa shape index (κ3) is 2.28. The zero-order valence-electron chi connectivity index (χ0n) is 9.02. The first-order chi connectivity index (χ1) is 7.47. The molecule has 0 aliphatic rings. The number of nitro groups is 1. The first-order valence-corrected chi connectivity index (χ1v) is 4.69. The van der Waals surface area contributed by atoms with E-state index in [-0.39, 0.29) is 29.3 Å². The monoisotopic (exact) mass is 224 g/mol. The van der Waals surface area contributed by atoms with Gasteiger partial charge in [-0.3, -0.25) is 14.9 Å². The van der Waals surface area contributed by atoms with Crippen LogP contribution in [0.2, 0.25) is 0 Å². The molecule has 1 rings (SSSR count). The van der Waals surface area contributed by atoms with Gasteiger partial charge < -0.3 is 10.5 Å². The molecular weight excluding hydrogens is 212 g/mol. The zero-order valence-corrected chi connectivity index (χ0v) is 9.02. The number of ketones is 1. The predicted octanol–water partition coefficient (Wildman–Crippen LogP) is 1.78. The maximum Gasteiger partial charge on any atom is 0.321 e. The van der Waals surface area contributed by atoms with E-state index in [4.69, 9.17) is 10.5 Å². The van der Waals surface area contributed by atoms with Gasteiger partial charge in [0, 0.05) is 11.8 Å². The molecule has 6 nitrogen and oxygen atoms in total. The normalized spacial score (nSPS) is 9.88. The van der Waals surface area contributed by atoms with Gasteiger partial charge in [-0.1, -0.05) is 0 Å². The van der Waals surface area contributed by atoms with Crippen molar-refractivity contribution < 1.29 is 14.5 Å². The van der Waals surface area contributed by atoms with Crippen LogP contribution in [0.25, 0.3) is 0 Å². The molecule has 2 N–H and O–H groups in total. The molecule has 0 heterocycles. The lowest BCUT2D eigenvalue weighted by Crippen LogP contribution is -2.05. The maximum absolute atomic E-state index is 11.3. The van der Waals surface area contributed by atoms with Crippen LogP contribution in [0.3, 0.4) is 0 Å². The molecule has 0 fully saturated rings. The number of nitrogens with two attached hydrogens (primary N) is 1. The number of carbonyl (C=O) groups is 1. The Morgan fingerprint density at radius 2 is 2.19 bits per heavy atom. The molecule has 0 saturated carbocycles. The van der Waals surface area contributed by atoms with Crippen LogP contribution in [0, 0.1) is 10.1 Å². The van der Waals surface area contributed by atoms with E-state index in [0.29, 0.717) is 0 Å². The summed E-state index contributed by atoms with van der Waals surface area (Å²) in [6.07, 6.45) is 0. The van der Waals surface area contributed by atoms with E-state index in [9.17, 15) is 14.9 Å². The SMILES string of the molecule is CCOc1cc(N)cc(C(C)=O)c1[N+](=O)[O-]. The minimum absolute atomic E-state index is 0.0256. The van der Waals surface area contributed by atoms with Crippen molar-refractivity contribution in [2.24, 2.45) is 0 Å².